The van der Waals surface area contributed by atoms with Crippen molar-refractivity contribution in [2.45, 2.75) is 13.0 Å². The molecule has 0 fully saturated rings. The first-order valence-corrected chi connectivity index (χ1v) is 7.22. The van der Waals surface area contributed by atoms with Crippen LogP contribution in [0.25, 0.3) is 0 Å². The molecule has 1 N–H and O–H groups in total. The van der Waals surface area contributed by atoms with Crippen LogP contribution in [0.4, 0.5) is 4.39 Å². The van der Waals surface area contributed by atoms with Gasteiger partial charge in [-0.2, -0.15) is 0 Å². The summed E-state index contributed by atoms with van der Waals surface area (Å²) < 4.78 is 14.3. The van der Waals surface area contributed by atoms with E-state index in [0.717, 1.165) is 28.7 Å². The maximum atomic E-state index is 13.4. The average molecular weight is 343 g/mol. The van der Waals surface area contributed by atoms with Gasteiger partial charge in [-0.05, 0) is 58.2 Å². The summed E-state index contributed by atoms with van der Waals surface area (Å²) in [5.74, 6) is -0.143. The van der Waals surface area contributed by atoms with Gasteiger partial charge < -0.3 is 5.32 Å². The molecule has 2 rings (SSSR count). The van der Waals surface area contributed by atoms with Crippen molar-refractivity contribution >= 4 is 27.5 Å². The summed E-state index contributed by atoms with van der Waals surface area (Å²) in [5.41, 5.74) is 1.85. The average Bonchev–Trinajstić information content (AvgIpc) is 2.40. The second kappa shape index (κ2) is 7.04. The second-order valence-electron chi connectivity index (χ2n) is 4.27. The molecule has 4 heteroatoms. The lowest BCUT2D eigenvalue weighted by molar-refractivity contribution is 0.598. The van der Waals surface area contributed by atoms with E-state index in [4.69, 9.17) is 11.6 Å². The summed E-state index contributed by atoms with van der Waals surface area (Å²) in [6.07, 6.45) is 0.678. The third-order valence-corrected chi connectivity index (χ3v) is 4.07. The number of rotatable bonds is 5. The van der Waals surface area contributed by atoms with Crippen molar-refractivity contribution in [1.82, 2.24) is 5.32 Å². The minimum absolute atomic E-state index is 0.143. The molecule has 0 amide bonds. The van der Waals surface area contributed by atoms with Gasteiger partial charge in [0.1, 0.15) is 5.82 Å². The van der Waals surface area contributed by atoms with Crippen molar-refractivity contribution in [2.24, 2.45) is 0 Å². The molecule has 0 aliphatic rings. The maximum Gasteiger partial charge on any atom is 0.126 e. The van der Waals surface area contributed by atoms with Gasteiger partial charge in [0.2, 0.25) is 0 Å². The zero-order valence-electron chi connectivity index (χ0n) is 10.3. The standard InChI is InChI=1S/C15H14BrClFN/c16-13-6-5-11(9-14(13)17)10-19-8-7-12-3-1-2-4-15(12)18/h1-6,9,19H,7-8,10H2. The fourth-order valence-electron chi connectivity index (χ4n) is 1.81. The Bertz CT molecular complexity index is 560. The smallest absolute Gasteiger partial charge is 0.126 e. The van der Waals surface area contributed by atoms with Crippen LogP contribution in [0.1, 0.15) is 11.1 Å². The van der Waals surface area contributed by atoms with Crippen molar-refractivity contribution < 1.29 is 4.39 Å². The van der Waals surface area contributed by atoms with Crippen molar-refractivity contribution in [1.29, 1.82) is 0 Å². The van der Waals surface area contributed by atoms with Gasteiger partial charge in [0, 0.05) is 11.0 Å². The van der Waals surface area contributed by atoms with Crippen LogP contribution < -0.4 is 5.32 Å². The number of hydrogen-bond donors (Lipinski definition) is 1. The van der Waals surface area contributed by atoms with Gasteiger partial charge in [0.05, 0.1) is 5.02 Å². The van der Waals surface area contributed by atoms with Crippen LogP contribution in [0, 0.1) is 5.82 Å². The van der Waals surface area contributed by atoms with E-state index >= 15 is 0 Å². The van der Waals surface area contributed by atoms with Crippen LogP contribution in [0.15, 0.2) is 46.9 Å². The quantitative estimate of drug-likeness (QED) is 0.785. The molecule has 0 saturated carbocycles. The van der Waals surface area contributed by atoms with Crippen LogP contribution in [0.2, 0.25) is 5.02 Å². The Morgan fingerprint density at radius 1 is 1.16 bits per heavy atom. The highest BCUT2D eigenvalue weighted by atomic mass is 79.9. The molecule has 0 spiro atoms. The minimum atomic E-state index is -0.143. The summed E-state index contributed by atoms with van der Waals surface area (Å²) in [4.78, 5) is 0. The highest BCUT2D eigenvalue weighted by molar-refractivity contribution is 9.10. The van der Waals surface area contributed by atoms with Crippen molar-refractivity contribution in [3.05, 3.63) is 68.9 Å². The van der Waals surface area contributed by atoms with E-state index in [1.54, 1.807) is 6.07 Å². The summed E-state index contributed by atoms with van der Waals surface area (Å²) >= 11 is 9.37. The monoisotopic (exact) mass is 341 g/mol. The lowest BCUT2D eigenvalue weighted by Gasteiger charge is -2.07. The first-order valence-electron chi connectivity index (χ1n) is 6.05. The van der Waals surface area contributed by atoms with E-state index < -0.39 is 0 Å². The lowest BCUT2D eigenvalue weighted by atomic mass is 10.1. The van der Waals surface area contributed by atoms with E-state index in [0.29, 0.717) is 11.4 Å². The van der Waals surface area contributed by atoms with E-state index in [9.17, 15) is 4.39 Å². The van der Waals surface area contributed by atoms with Gasteiger partial charge in [-0.25, -0.2) is 4.39 Å². The van der Waals surface area contributed by atoms with Gasteiger partial charge in [-0.15, -0.1) is 0 Å². The van der Waals surface area contributed by atoms with E-state index in [-0.39, 0.29) is 5.82 Å². The van der Waals surface area contributed by atoms with Crippen LogP contribution in [-0.2, 0) is 13.0 Å². The van der Waals surface area contributed by atoms with E-state index in [1.165, 1.54) is 6.07 Å². The summed E-state index contributed by atoms with van der Waals surface area (Å²) in [5, 5.41) is 3.99. The molecule has 0 bridgehead atoms. The van der Waals surface area contributed by atoms with Crippen LogP contribution in [0.3, 0.4) is 0 Å². The third kappa shape index (κ3) is 4.30. The molecule has 0 atom stereocenters. The Morgan fingerprint density at radius 3 is 2.68 bits per heavy atom. The van der Waals surface area contributed by atoms with Gasteiger partial charge >= 0.3 is 0 Å². The molecule has 1 nitrogen and oxygen atoms in total. The zero-order chi connectivity index (χ0) is 13.7. The van der Waals surface area contributed by atoms with Crippen molar-refractivity contribution in [3.8, 4) is 0 Å². The fourth-order valence-corrected chi connectivity index (χ4v) is 2.26. The molecule has 0 saturated heterocycles. The molecule has 100 valence electrons. The first kappa shape index (κ1) is 14.5. The van der Waals surface area contributed by atoms with Gasteiger partial charge in [-0.3, -0.25) is 0 Å². The Balaban J connectivity index is 1.81. The first-order chi connectivity index (χ1) is 9.16. The van der Waals surface area contributed by atoms with Crippen LogP contribution in [-0.4, -0.2) is 6.54 Å². The third-order valence-electron chi connectivity index (χ3n) is 2.84. The molecule has 0 unspecified atom stereocenters. The molecular weight excluding hydrogens is 329 g/mol. The normalized spacial score (nSPS) is 10.7. The van der Waals surface area contributed by atoms with Gasteiger partial charge in [0.25, 0.3) is 0 Å². The lowest BCUT2D eigenvalue weighted by Crippen LogP contribution is -2.17. The number of halogens is 3. The van der Waals surface area contributed by atoms with Crippen molar-refractivity contribution in [2.75, 3.05) is 6.54 Å². The van der Waals surface area contributed by atoms with Crippen LogP contribution >= 0.6 is 27.5 Å². The zero-order valence-corrected chi connectivity index (χ0v) is 12.6. The fraction of sp³-hybridized carbons (Fsp3) is 0.200. The largest absolute Gasteiger partial charge is 0.312 e. The Hall–Kier alpha value is -0.900. The highest BCUT2D eigenvalue weighted by Gasteiger charge is 2.01. The van der Waals surface area contributed by atoms with Gasteiger partial charge in [-0.1, -0.05) is 35.9 Å². The topological polar surface area (TPSA) is 12.0 Å². The molecule has 0 radical (unpaired) electrons. The molecular formula is C15H14BrClFN. The Labute approximate surface area is 125 Å². The molecule has 2 aromatic carbocycles. The SMILES string of the molecule is Fc1ccccc1CCNCc1ccc(Br)c(Cl)c1. The van der Waals surface area contributed by atoms with Crippen LogP contribution in [0.5, 0.6) is 0 Å². The van der Waals surface area contributed by atoms with Crippen molar-refractivity contribution in [3.63, 3.8) is 0 Å². The van der Waals surface area contributed by atoms with Gasteiger partial charge in [0.15, 0.2) is 0 Å². The minimum Gasteiger partial charge on any atom is -0.312 e. The number of benzene rings is 2. The second-order valence-corrected chi connectivity index (χ2v) is 5.53. The Morgan fingerprint density at radius 2 is 1.95 bits per heavy atom. The molecule has 19 heavy (non-hydrogen) atoms. The number of nitrogens with one attached hydrogen (secondary N) is 1. The molecule has 0 aliphatic heterocycles. The summed E-state index contributed by atoms with van der Waals surface area (Å²) in [6, 6.07) is 12.7. The Kier molecular flexibility index (Phi) is 5.37. The molecule has 0 aromatic heterocycles. The predicted molar refractivity (Wildman–Crippen MR) is 81.0 cm³/mol. The molecule has 2 aromatic rings. The van der Waals surface area contributed by atoms with E-state index in [2.05, 4.69) is 21.2 Å². The highest BCUT2D eigenvalue weighted by Crippen LogP contribution is 2.23. The number of hydrogen-bond acceptors (Lipinski definition) is 1. The predicted octanol–water partition coefficient (Wildman–Crippen LogP) is 4.57. The maximum absolute atomic E-state index is 13.4. The molecule has 0 aliphatic carbocycles. The molecule has 0 heterocycles. The van der Waals surface area contributed by atoms with E-state index in [1.807, 2.05) is 30.3 Å². The summed E-state index contributed by atoms with van der Waals surface area (Å²) in [6.45, 7) is 1.45. The summed E-state index contributed by atoms with van der Waals surface area (Å²) in [7, 11) is 0.